The van der Waals surface area contributed by atoms with Gasteiger partial charge in [-0.1, -0.05) is 41.4 Å². The van der Waals surface area contributed by atoms with Crippen molar-refractivity contribution in [3.05, 3.63) is 69.2 Å². The molecule has 3 rings (SSSR count). The fourth-order valence-electron chi connectivity index (χ4n) is 3.37. The third-order valence-corrected chi connectivity index (χ3v) is 5.75. The number of nitrogens with zero attached hydrogens (tertiary/aromatic N) is 1. The highest BCUT2D eigenvalue weighted by molar-refractivity contribution is 6.42. The quantitative estimate of drug-likeness (QED) is 0.356. The van der Waals surface area contributed by atoms with Crippen LogP contribution in [0.5, 0.6) is 0 Å². The summed E-state index contributed by atoms with van der Waals surface area (Å²) >= 11 is 11.9. The summed E-state index contributed by atoms with van der Waals surface area (Å²) in [7, 11) is 0. The molecule has 0 aliphatic carbocycles. The maximum atomic E-state index is 12.4. The molecule has 0 bridgehead atoms. The molecule has 31 heavy (non-hydrogen) atoms. The van der Waals surface area contributed by atoms with E-state index in [1.165, 1.54) is 17.0 Å². The maximum Gasteiger partial charge on any atom is 0.335 e. The number of nitrogens with one attached hydrogen (secondary N) is 1. The van der Waals surface area contributed by atoms with Gasteiger partial charge in [-0.25, -0.2) is 4.79 Å². The first-order chi connectivity index (χ1) is 14.8. The first kappa shape index (κ1) is 22.8. The zero-order valence-corrected chi connectivity index (χ0v) is 17.9. The largest absolute Gasteiger partial charge is 0.478 e. The van der Waals surface area contributed by atoms with E-state index in [9.17, 15) is 19.2 Å². The van der Waals surface area contributed by atoms with Gasteiger partial charge in [0.15, 0.2) is 0 Å². The number of amides is 2. The predicted octanol–water partition coefficient (Wildman–Crippen LogP) is 2.97. The summed E-state index contributed by atoms with van der Waals surface area (Å²) in [4.78, 5) is 49.3. The minimum atomic E-state index is -1.08. The average molecular weight is 463 g/mol. The summed E-state index contributed by atoms with van der Waals surface area (Å²) in [5.41, 5.74) is 1.64. The van der Waals surface area contributed by atoms with Crippen LogP contribution in [0.4, 0.5) is 0 Å². The van der Waals surface area contributed by atoms with Crippen LogP contribution >= 0.6 is 23.2 Å². The van der Waals surface area contributed by atoms with E-state index in [2.05, 4.69) is 5.32 Å². The lowest BCUT2D eigenvalue weighted by molar-refractivity contribution is -0.142. The van der Waals surface area contributed by atoms with E-state index in [0.29, 0.717) is 35.0 Å². The van der Waals surface area contributed by atoms with Crippen LogP contribution in [-0.4, -0.2) is 46.7 Å². The molecular weight excluding hydrogens is 443 g/mol. The Kier molecular flexibility index (Phi) is 7.30. The highest BCUT2D eigenvalue weighted by Gasteiger charge is 2.42. The summed E-state index contributed by atoms with van der Waals surface area (Å²) in [6.45, 7) is 0.373. The minimum absolute atomic E-state index is 0.0341. The van der Waals surface area contributed by atoms with Crippen LogP contribution in [0.1, 0.15) is 27.9 Å². The van der Waals surface area contributed by atoms with Crippen molar-refractivity contribution in [3.63, 3.8) is 0 Å². The van der Waals surface area contributed by atoms with Crippen LogP contribution in [0, 0.1) is 5.92 Å². The Balaban J connectivity index is 1.51. The second-order valence-electron chi connectivity index (χ2n) is 7.25. The molecule has 2 amide bonds. The van der Waals surface area contributed by atoms with E-state index in [1.54, 1.807) is 24.3 Å². The second kappa shape index (κ2) is 9.94. The van der Waals surface area contributed by atoms with Gasteiger partial charge in [-0.2, -0.15) is 0 Å². The van der Waals surface area contributed by atoms with E-state index < -0.39 is 29.5 Å². The summed E-state index contributed by atoms with van der Waals surface area (Å²) < 4.78 is 0. The number of hydrogen-bond donors (Lipinski definition) is 2. The van der Waals surface area contributed by atoms with Crippen molar-refractivity contribution in [2.75, 3.05) is 13.1 Å². The van der Waals surface area contributed by atoms with Crippen LogP contribution in [0.2, 0.25) is 10.0 Å². The Bertz CT molecular complexity index is 1040. The number of rotatable bonds is 8. The molecule has 0 radical (unpaired) electrons. The summed E-state index contributed by atoms with van der Waals surface area (Å²) in [6.07, 6.45) is 1.30. The number of benzene rings is 2. The lowest BCUT2D eigenvalue weighted by atomic mass is 10.1. The highest BCUT2D eigenvalue weighted by Crippen LogP contribution is 2.23. The monoisotopic (exact) mass is 462 g/mol. The number of aromatic carboxylic acids is 1. The van der Waals surface area contributed by atoms with Crippen molar-refractivity contribution in [3.8, 4) is 0 Å². The maximum absolute atomic E-state index is 12.4. The van der Waals surface area contributed by atoms with Crippen LogP contribution in [-0.2, 0) is 27.3 Å². The number of Topliss-reactive ketones (excluding diaryl/α,β-unsaturated/α-hetero) is 1. The molecule has 0 saturated carbocycles. The molecule has 2 aromatic rings. The molecular formula is C22H20Cl2N2O5. The first-order valence-corrected chi connectivity index (χ1v) is 10.4. The highest BCUT2D eigenvalue weighted by atomic mass is 35.5. The molecule has 162 valence electrons. The molecule has 0 aromatic heterocycles. The van der Waals surface area contributed by atoms with Crippen molar-refractivity contribution in [1.29, 1.82) is 0 Å². The zero-order valence-electron chi connectivity index (χ0n) is 16.4. The third-order valence-electron chi connectivity index (χ3n) is 5.01. The van der Waals surface area contributed by atoms with Gasteiger partial charge in [0, 0.05) is 19.6 Å². The molecule has 0 spiro atoms. The van der Waals surface area contributed by atoms with E-state index in [-0.39, 0.29) is 18.7 Å². The van der Waals surface area contributed by atoms with Gasteiger partial charge in [0.2, 0.25) is 11.7 Å². The lowest BCUT2D eigenvalue weighted by Gasteiger charge is -2.16. The Morgan fingerprint density at radius 3 is 2.55 bits per heavy atom. The van der Waals surface area contributed by atoms with E-state index in [0.717, 1.165) is 5.56 Å². The Morgan fingerprint density at radius 1 is 1.06 bits per heavy atom. The molecule has 1 fully saturated rings. The zero-order chi connectivity index (χ0) is 22.5. The molecule has 1 aliphatic rings. The molecule has 1 aliphatic heterocycles. The van der Waals surface area contributed by atoms with E-state index >= 15 is 0 Å². The average Bonchev–Trinajstić information content (AvgIpc) is 3.02. The summed E-state index contributed by atoms with van der Waals surface area (Å²) in [6, 6.07) is 11.4. The van der Waals surface area contributed by atoms with E-state index in [1.807, 2.05) is 6.07 Å². The van der Waals surface area contributed by atoms with Gasteiger partial charge in [0.1, 0.15) is 5.92 Å². The number of carbonyl (C=O) groups excluding carboxylic acids is 3. The number of hydrogen-bond acceptors (Lipinski definition) is 4. The van der Waals surface area contributed by atoms with Gasteiger partial charge >= 0.3 is 5.97 Å². The Labute approximate surface area is 188 Å². The van der Waals surface area contributed by atoms with Gasteiger partial charge in [-0.15, -0.1) is 0 Å². The fourth-order valence-corrected chi connectivity index (χ4v) is 3.70. The van der Waals surface area contributed by atoms with Crippen molar-refractivity contribution in [2.45, 2.75) is 19.4 Å². The van der Waals surface area contributed by atoms with Gasteiger partial charge in [0.05, 0.1) is 15.6 Å². The number of aryl methyl sites for hydroxylation is 1. The fraction of sp³-hybridized carbons (Fsp3) is 0.273. The van der Waals surface area contributed by atoms with Crippen molar-refractivity contribution in [1.82, 2.24) is 10.2 Å². The SMILES string of the molecule is O=C(O)c1cccc(CN2CC(C(=O)NCCCc3ccc(Cl)c(Cl)c3)C(=O)C2=O)c1. The predicted molar refractivity (Wildman–Crippen MR) is 115 cm³/mol. The number of likely N-dealkylation sites (tertiary alicyclic amines) is 1. The van der Waals surface area contributed by atoms with Crippen LogP contribution in [0.25, 0.3) is 0 Å². The van der Waals surface area contributed by atoms with Crippen LogP contribution < -0.4 is 5.32 Å². The van der Waals surface area contributed by atoms with Gasteiger partial charge in [0.25, 0.3) is 5.91 Å². The molecule has 1 heterocycles. The first-order valence-electron chi connectivity index (χ1n) is 9.63. The van der Waals surface area contributed by atoms with Crippen molar-refractivity contribution >= 4 is 46.8 Å². The van der Waals surface area contributed by atoms with Crippen molar-refractivity contribution < 1.29 is 24.3 Å². The van der Waals surface area contributed by atoms with Gasteiger partial charge in [-0.05, 0) is 48.2 Å². The second-order valence-corrected chi connectivity index (χ2v) is 8.07. The number of ketones is 1. The third kappa shape index (κ3) is 5.62. The topological polar surface area (TPSA) is 104 Å². The Hall–Kier alpha value is -2.90. The molecule has 9 heteroatoms. The number of carboxylic acid groups (broad SMARTS) is 1. The number of carboxylic acids is 1. The van der Waals surface area contributed by atoms with Crippen LogP contribution in [0.3, 0.4) is 0 Å². The standard InChI is InChI=1S/C22H20Cl2N2O5/c23-17-7-6-13(10-18(17)24)4-2-8-25-20(28)16-12-26(21(29)19(16)27)11-14-3-1-5-15(9-14)22(30)31/h1,3,5-7,9-10,16H,2,4,8,11-12H2,(H,25,28)(H,30,31). The van der Waals surface area contributed by atoms with Crippen LogP contribution in [0.15, 0.2) is 42.5 Å². The van der Waals surface area contributed by atoms with Crippen molar-refractivity contribution in [2.24, 2.45) is 5.92 Å². The van der Waals surface area contributed by atoms with E-state index in [4.69, 9.17) is 28.3 Å². The normalized spacial score (nSPS) is 15.9. The van der Waals surface area contributed by atoms with Gasteiger partial charge < -0.3 is 15.3 Å². The molecule has 1 atom stereocenters. The molecule has 1 unspecified atom stereocenters. The summed E-state index contributed by atoms with van der Waals surface area (Å²) in [5, 5.41) is 12.7. The molecule has 2 N–H and O–H groups in total. The minimum Gasteiger partial charge on any atom is -0.478 e. The smallest absolute Gasteiger partial charge is 0.335 e. The lowest BCUT2D eigenvalue weighted by Crippen LogP contribution is -2.36. The van der Waals surface area contributed by atoms with Gasteiger partial charge in [-0.3, -0.25) is 14.4 Å². The Morgan fingerprint density at radius 2 is 1.84 bits per heavy atom. The molecule has 1 saturated heterocycles. The molecule has 7 nitrogen and oxygen atoms in total. The summed E-state index contributed by atoms with van der Waals surface area (Å²) in [5.74, 6) is -4.13. The number of carbonyl (C=O) groups is 4. The molecule has 2 aromatic carbocycles. The number of halogens is 2.